The summed E-state index contributed by atoms with van der Waals surface area (Å²) in [6, 6.07) is 8.37. The van der Waals surface area contributed by atoms with Gasteiger partial charge < -0.3 is 14.8 Å². The minimum absolute atomic E-state index is 0.0235. The molecule has 12 heteroatoms. The Morgan fingerprint density at radius 2 is 1.73 bits per heavy atom. The van der Waals surface area contributed by atoms with Gasteiger partial charge in [-0.3, -0.25) is 0 Å². The Bertz CT molecular complexity index is 1210. The van der Waals surface area contributed by atoms with Gasteiger partial charge in [0.2, 0.25) is 22.6 Å². The second-order valence-electron chi connectivity index (χ2n) is 6.27. The van der Waals surface area contributed by atoms with E-state index in [4.69, 9.17) is 9.47 Å². The highest BCUT2D eigenvalue weighted by Crippen LogP contribution is 2.39. The number of alkyl halides is 3. The molecule has 0 unspecified atom stereocenters. The predicted molar refractivity (Wildman–Crippen MR) is 101 cm³/mol. The Labute approximate surface area is 169 Å². The lowest BCUT2D eigenvalue weighted by molar-refractivity contribution is -0.144. The minimum Gasteiger partial charge on any atom is -0.454 e. The number of sulfonamides is 1. The molecule has 0 radical (unpaired) electrons. The number of benzene rings is 2. The highest BCUT2D eigenvalue weighted by molar-refractivity contribution is 7.89. The number of nitrogens with one attached hydrogen (secondary N) is 2. The normalized spacial score (nSPS) is 13.6. The molecule has 158 valence electrons. The number of hydrogen-bond donors (Lipinski definition) is 2. The molecule has 1 aliphatic rings. The van der Waals surface area contributed by atoms with Gasteiger partial charge in [0.25, 0.3) is 0 Å². The van der Waals surface area contributed by atoms with Crippen LogP contribution in [0.25, 0.3) is 10.9 Å². The number of hydrogen-bond acceptors (Lipinski definition) is 7. The van der Waals surface area contributed by atoms with Crippen molar-refractivity contribution >= 4 is 32.4 Å². The van der Waals surface area contributed by atoms with E-state index in [-0.39, 0.29) is 35.0 Å². The molecule has 1 aromatic heterocycles. The maximum absolute atomic E-state index is 13.3. The predicted octanol–water partition coefficient (Wildman–Crippen LogP) is 3.42. The highest BCUT2D eigenvalue weighted by Gasteiger charge is 2.36. The molecule has 2 heterocycles. The highest BCUT2D eigenvalue weighted by atomic mass is 32.2. The zero-order chi connectivity index (χ0) is 21.5. The van der Waals surface area contributed by atoms with Crippen LogP contribution in [0.5, 0.6) is 11.5 Å². The van der Waals surface area contributed by atoms with Crippen LogP contribution in [0.4, 0.5) is 24.7 Å². The van der Waals surface area contributed by atoms with E-state index in [2.05, 4.69) is 20.0 Å². The van der Waals surface area contributed by atoms with Gasteiger partial charge in [0, 0.05) is 23.7 Å². The van der Waals surface area contributed by atoms with Crippen LogP contribution in [-0.2, 0) is 16.2 Å². The quantitative estimate of drug-likeness (QED) is 0.627. The van der Waals surface area contributed by atoms with Gasteiger partial charge in [0.15, 0.2) is 11.5 Å². The third kappa shape index (κ3) is 3.83. The summed E-state index contributed by atoms with van der Waals surface area (Å²) in [6.45, 7) is 1.83. The number of fused-ring (bicyclic) bond motifs is 2. The first-order valence-electron chi connectivity index (χ1n) is 8.73. The van der Waals surface area contributed by atoms with Crippen molar-refractivity contribution in [1.82, 2.24) is 14.7 Å². The molecule has 1 aliphatic heterocycles. The van der Waals surface area contributed by atoms with Crippen LogP contribution in [0, 0.1) is 0 Å². The van der Waals surface area contributed by atoms with E-state index in [1.165, 1.54) is 36.4 Å². The van der Waals surface area contributed by atoms with E-state index in [0.29, 0.717) is 17.2 Å². The maximum atomic E-state index is 13.3. The van der Waals surface area contributed by atoms with E-state index >= 15 is 0 Å². The number of halogens is 3. The Kier molecular flexibility index (Phi) is 4.90. The third-order valence-corrected chi connectivity index (χ3v) is 5.77. The summed E-state index contributed by atoms with van der Waals surface area (Å²) in [5.74, 6) is -0.769. The average molecular weight is 440 g/mol. The summed E-state index contributed by atoms with van der Waals surface area (Å²) in [5, 5.41) is 3.09. The molecule has 0 bridgehead atoms. The van der Waals surface area contributed by atoms with Crippen molar-refractivity contribution in [1.29, 1.82) is 0 Å². The monoisotopic (exact) mass is 440 g/mol. The first-order chi connectivity index (χ1) is 14.2. The average Bonchev–Trinajstić information content (AvgIpc) is 3.13. The van der Waals surface area contributed by atoms with Gasteiger partial charge in [-0.25, -0.2) is 23.1 Å². The largest absolute Gasteiger partial charge is 0.454 e. The van der Waals surface area contributed by atoms with E-state index in [1.54, 1.807) is 6.92 Å². The van der Waals surface area contributed by atoms with Crippen LogP contribution in [0.15, 0.2) is 41.3 Å². The number of aromatic nitrogens is 2. The topological polar surface area (TPSA) is 102 Å². The SMILES string of the molecule is CCNS(=O)(=O)c1ccc(Nc2nc(C(F)(F)F)nc3cc4c(cc23)OCO4)cc1. The third-order valence-electron chi connectivity index (χ3n) is 4.21. The molecule has 0 spiro atoms. The standard InChI is InChI=1S/C18H15F3N4O4S/c1-2-22-30(26,27)11-5-3-10(4-6-11)23-16-12-7-14-15(29-9-28-14)8-13(12)24-17(25-16)18(19,20)21/h3-8,22H,2,9H2,1H3,(H,23,24,25). The lowest BCUT2D eigenvalue weighted by Gasteiger charge is -2.13. The fraction of sp³-hybridized carbons (Fsp3) is 0.222. The number of nitrogens with zero attached hydrogens (tertiary/aromatic N) is 2. The Hall–Kier alpha value is -3.12. The molecule has 0 atom stereocenters. The Balaban J connectivity index is 1.76. The summed E-state index contributed by atoms with van der Waals surface area (Å²) in [7, 11) is -3.65. The van der Waals surface area contributed by atoms with Crippen molar-refractivity contribution < 1.29 is 31.1 Å². The smallest absolute Gasteiger partial charge is 0.451 e. The summed E-state index contributed by atoms with van der Waals surface area (Å²) in [4.78, 5) is 7.24. The zero-order valence-electron chi connectivity index (χ0n) is 15.4. The van der Waals surface area contributed by atoms with Crippen molar-refractivity contribution in [2.24, 2.45) is 0 Å². The minimum atomic E-state index is -4.76. The van der Waals surface area contributed by atoms with E-state index < -0.39 is 22.0 Å². The van der Waals surface area contributed by atoms with Crippen LogP contribution in [0.2, 0.25) is 0 Å². The van der Waals surface area contributed by atoms with Crippen molar-refractivity contribution in [3.8, 4) is 11.5 Å². The molecule has 0 saturated carbocycles. The molecule has 8 nitrogen and oxygen atoms in total. The zero-order valence-corrected chi connectivity index (χ0v) is 16.3. The molecule has 0 aliphatic carbocycles. The lowest BCUT2D eigenvalue weighted by Crippen LogP contribution is -2.22. The Morgan fingerprint density at radius 1 is 1.07 bits per heavy atom. The van der Waals surface area contributed by atoms with Crippen LogP contribution < -0.4 is 19.5 Å². The van der Waals surface area contributed by atoms with Crippen LogP contribution >= 0.6 is 0 Å². The number of rotatable bonds is 5. The van der Waals surface area contributed by atoms with Gasteiger partial charge in [-0.05, 0) is 30.3 Å². The summed E-state index contributed by atoms with van der Waals surface area (Å²) in [5.41, 5.74) is 0.367. The van der Waals surface area contributed by atoms with Crippen molar-refractivity contribution in [3.05, 3.63) is 42.2 Å². The fourth-order valence-corrected chi connectivity index (χ4v) is 3.91. The lowest BCUT2D eigenvalue weighted by atomic mass is 10.2. The summed E-state index contributed by atoms with van der Waals surface area (Å²) < 4.78 is 76.8. The molecule has 2 aromatic carbocycles. The first kappa shape index (κ1) is 20.2. The maximum Gasteiger partial charge on any atom is 0.451 e. The molecule has 0 amide bonds. The number of ether oxygens (including phenoxy) is 2. The van der Waals surface area contributed by atoms with Crippen LogP contribution in [0.1, 0.15) is 12.7 Å². The number of anilines is 2. The molecule has 0 saturated heterocycles. The van der Waals surface area contributed by atoms with Gasteiger partial charge >= 0.3 is 6.18 Å². The van der Waals surface area contributed by atoms with Gasteiger partial charge in [-0.2, -0.15) is 13.2 Å². The molecule has 0 fully saturated rings. The summed E-state index contributed by atoms with van der Waals surface area (Å²) in [6.07, 6.45) is -4.76. The molecule has 4 rings (SSSR count). The second-order valence-corrected chi connectivity index (χ2v) is 8.03. The van der Waals surface area contributed by atoms with E-state index in [1.807, 2.05) is 0 Å². The molecular formula is C18H15F3N4O4S. The van der Waals surface area contributed by atoms with Gasteiger partial charge in [0.05, 0.1) is 10.4 Å². The van der Waals surface area contributed by atoms with E-state index in [9.17, 15) is 21.6 Å². The molecule has 30 heavy (non-hydrogen) atoms. The van der Waals surface area contributed by atoms with Gasteiger partial charge in [-0.15, -0.1) is 0 Å². The van der Waals surface area contributed by atoms with E-state index in [0.717, 1.165) is 0 Å². The Morgan fingerprint density at radius 3 is 2.37 bits per heavy atom. The van der Waals surface area contributed by atoms with Gasteiger partial charge in [-0.1, -0.05) is 6.92 Å². The van der Waals surface area contributed by atoms with Crippen LogP contribution in [-0.4, -0.2) is 31.7 Å². The molecular weight excluding hydrogens is 425 g/mol. The van der Waals surface area contributed by atoms with Crippen molar-refractivity contribution in [3.63, 3.8) is 0 Å². The van der Waals surface area contributed by atoms with Gasteiger partial charge in [0.1, 0.15) is 5.82 Å². The molecule has 3 aromatic rings. The summed E-state index contributed by atoms with van der Waals surface area (Å²) >= 11 is 0. The second kappa shape index (κ2) is 7.29. The molecule has 2 N–H and O–H groups in total. The van der Waals surface area contributed by atoms with Crippen molar-refractivity contribution in [2.45, 2.75) is 18.0 Å². The van der Waals surface area contributed by atoms with Crippen LogP contribution in [0.3, 0.4) is 0 Å². The first-order valence-corrected chi connectivity index (χ1v) is 10.2. The fourth-order valence-electron chi connectivity index (χ4n) is 2.87. The van der Waals surface area contributed by atoms with Crippen molar-refractivity contribution in [2.75, 3.05) is 18.7 Å².